The number of piperidine rings is 1. The number of carboxylic acid groups (broad SMARTS) is 1. The number of rotatable bonds is 4. The fourth-order valence-electron chi connectivity index (χ4n) is 4.72. The lowest BCUT2D eigenvalue weighted by Gasteiger charge is -2.44. The first-order chi connectivity index (χ1) is 13.6. The second-order valence-electron chi connectivity index (χ2n) is 7.79. The van der Waals surface area contributed by atoms with E-state index in [2.05, 4.69) is 4.90 Å². The minimum atomic E-state index is -1.22. The van der Waals surface area contributed by atoms with Crippen molar-refractivity contribution in [2.45, 2.75) is 50.4 Å². The summed E-state index contributed by atoms with van der Waals surface area (Å²) < 4.78 is 5.43. The lowest BCUT2D eigenvalue weighted by atomic mass is 9.97. The molecule has 1 aromatic carbocycles. The molecule has 0 spiro atoms. The summed E-state index contributed by atoms with van der Waals surface area (Å²) in [5, 5.41) is 10.6. The molecule has 2 atom stereocenters. The maximum Gasteiger partial charge on any atom is 0.525 e. The third-order valence-electron chi connectivity index (χ3n) is 6.12. The number of hydrogen-bond donors (Lipinski definition) is 1. The van der Waals surface area contributed by atoms with Gasteiger partial charge in [0.2, 0.25) is 0 Å². The average molecular weight is 389 g/mol. The largest absolute Gasteiger partial charge is 0.525 e. The van der Waals surface area contributed by atoms with Crippen molar-refractivity contribution in [3.63, 3.8) is 0 Å². The number of benzene rings is 1. The number of fused-ring (bicyclic) bond motifs is 2. The Bertz CT molecular complexity index is 678. The number of carbonyl (C=O) groups excluding carboxylic acids is 1. The standard InChI is InChI=1S/C20H27N3O5/c24-19(27-14-15-4-2-1-3-5-15)22-10-8-21(9-11-22)18-12-16-6-7-17(13-18)23(16)28-20(25)26/h1-5,16-18H,6-14H2,(H,25,26). The minimum absolute atomic E-state index is 0.175. The van der Waals surface area contributed by atoms with Gasteiger partial charge in [0.15, 0.2) is 0 Å². The molecular weight excluding hydrogens is 362 g/mol. The van der Waals surface area contributed by atoms with Crippen molar-refractivity contribution in [1.29, 1.82) is 0 Å². The van der Waals surface area contributed by atoms with E-state index in [1.54, 1.807) is 9.96 Å². The molecule has 0 aromatic heterocycles. The average Bonchev–Trinajstić information content (AvgIpc) is 2.93. The van der Waals surface area contributed by atoms with Gasteiger partial charge in [0.25, 0.3) is 0 Å². The Hall–Kier alpha value is -2.32. The van der Waals surface area contributed by atoms with Gasteiger partial charge in [-0.2, -0.15) is 0 Å². The Morgan fingerprint density at radius 3 is 2.21 bits per heavy atom. The van der Waals surface area contributed by atoms with E-state index < -0.39 is 6.16 Å². The van der Waals surface area contributed by atoms with E-state index in [0.717, 1.165) is 44.3 Å². The van der Waals surface area contributed by atoms with E-state index in [4.69, 9.17) is 14.7 Å². The topological polar surface area (TPSA) is 82.6 Å². The van der Waals surface area contributed by atoms with Crippen molar-refractivity contribution in [2.24, 2.45) is 0 Å². The van der Waals surface area contributed by atoms with Gasteiger partial charge in [-0.25, -0.2) is 9.59 Å². The van der Waals surface area contributed by atoms with E-state index in [9.17, 15) is 9.59 Å². The van der Waals surface area contributed by atoms with Crippen molar-refractivity contribution in [2.75, 3.05) is 26.2 Å². The molecule has 0 saturated carbocycles. The third kappa shape index (κ3) is 4.23. The predicted molar refractivity (Wildman–Crippen MR) is 101 cm³/mol. The zero-order chi connectivity index (χ0) is 19.5. The zero-order valence-corrected chi connectivity index (χ0v) is 15.9. The highest BCUT2D eigenvalue weighted by Crippen LogP contribution is 2.38. The molecule has 1 amide bonds. The summed E-state index contributed by atoms with van der Waals surface area (Å²) in [6.45, 7) is 3.27. The number of hydrogen-bond acceptors (Lipinski definition) is 6. The number of piperazine rings is 1. The van der Waals surface area contributed by atoms with E-state index in [1.807, 2.05) is 30.3 Å². The molecule has 3 heterocycles. The van der Waals surface area contributed by atoms with E-state index in [0.29, 0.717) is 25.7 Å². The first-order valence-electron chi connectivity index (χ1n) is 9.99. The van der Waals surface area contributed by atoms with Crippen LogP contribution in [0, 0.1) is 0 Å². The van der Waals surface area contributed by atoms with Gasteiger partial charge in [0.1, 0.15) is 6.61 Å². The lowest BCUT2D eigenvalue weighted by Crippen LogP contribution is -2.56. The van der Waals surface area contributed by atoms with E-state index in [-0.39, 0.29) is 18.2 Å². The molecule has 4 rings (SSSR count). The van der Waals surface area contributed by atoms with Gasteiger partial charge in [-0.05, 0) is 31.2 Å². The summed E-state index contributed by atoms with van der Waals surface area (Å²) >= 11 is 0. The molecule has 8 nitrogen and oxygen atoms in total. The van der Waals surface area contributed by atoms with E-state index >= 15 is 0 Å². The van der Waals surface area contributed by atoms with Gasteiger partial charge in [0.05, 0.1) is 0 Å². The molecule has 1 N–H and O–H groups in total. The molecule has 3 fully saturated rings. The SMILES string of the molecule is O=C(O)ON1C2CCC1CC(N1CCN(C(=O)OCc3ccccc3)CC1)C2. The highest BCUT2D eigenvalue weighted by Gasteiger charge is 2.45. The molecule has 2 unspecified atom stereocenters. The van der Waals surface area contributed by atoms with Gasteiger partial charge in [-0.15, -0.1) is 5.06 Å². The predicted octanol–water partition coefficient (Wildman–Crippen LogP) is 2.55. The summed E-state index contributed by atoms with van der Waals surface area (Å²) in [5.74, 6) is 0. The Labute approximate surface area is 164 Å². The number of hydroxylamine groups is 2. The highest BCUT2D eigenvalue weighted by molar-refractivity contribution is 5.67. The fourth-order valence-corrected chi connectivity index (χ4v) is 4.72. The summed E-state index contributed by atoms with van der Waals surface area (Å²) in [7, 11) is 0. The van der Waals surface area contributed by atoms with E-state index in [1.165, 1.54) is 0 Å². The second kappa shape index (κ2) is 8.36. The fraction of sp³-hybridized carbons (Fsp3) is 0.600. The Kier molecular flexibility index (Phi) is 5.68. The monoisotopic (exact) mass is 389 g/mol. The van der Waals surface area contributed by atoms with Crippen LogP contribution >= 0.6 is 0 Å². The number of carbonyl (C=O) groups is 2. The Balaban J connectivity index is 1.23. The number of amides is 1. The molecule has 0 radical (unpaired) electrons. The van der Waals surface area contributed by atoms with Crippen LogP contribution < -0.4 is 0 Å². The Morgan fingerprint density at radius 1 is 0.964 bits per heavy atom. The van der Waals surface area contributed by atoms with Crippen molar-refractivity contribution in [3.8, 4) is 0 Å². The molecule has 152 valence electrons. The quantitative estimate of drug-likeness (QED) is 0.847. The molecule has 3 aliphatic heterocycles. The van der Waals surface area contributed by atoms with Crippen LogP contribution in [-0.2, 0) is 16.2 Å². The van der Waals surface area contributed by atoms with Crippen LogP contribution in [0.3, 0.4) is 0 Å². The number of ether oxygens (including phenoxy) is 1. The third-order valence-corrected chi connectivity index (χ3v) is 6.12. The van der Waals surface area contributed by atoms with Gasteiger partial charge in [-0.1, -0.05) is 30.3 Å². The van der Waals surface area contributed by atoms with Gasteiger partial charge >= 0.3 is 12.2 Å². The number of nitrogens with zero attached hydrogens (tertiary/aromatic N) is 3. The van der Waals surface area contributed by atoms with Crippen LogP contribution in [0.25, 0.3) is 0 Å². The highest BCUT2D eigenvalue weighted by atomic mass is 16.8. The molecule has 28 heavy (non-hydrogen) atoms. The van der Waals surface area contributed by atoms with Crippen molar-refractivity contribution < 1.29 is 24.3 Å². The second-order valence-corrected chi connectivity index (χ2v) is 7.79. The molecule has 1 aromatic rings. The minimum Gasteiger partial charge on any atom is -0.448 e. The molecular formula is C20H27N3O5. The normalized spacial score (nSPS) is 28.1. The first kappa shape index (κ1) is 19.0. The molecule has 3 saturated heterocycles. The van der Waals surface area contributed by atoms with Crippen LogP contribution in [0.4, 0.5) is 9.59 Å². The maximum absolute atomic E-state index is 12.3. The lowest BCUT2D eigenvalue weighted by molar-refractivity contribution is -0.177. The molecule has 8 heteroatoms. The van der Waals surface area contributed by atoms with Crippen LogP contribution in [0.15, 0.2) is 30.3 Å². The Morgan fingerprint density at radius 2 is 1.61 bits per heavy atom. The maximum atomic E-state index is 12.3. The van der Waals surface area contributed by atoms with Gasteiger partial charge in [0, 0.05) is 44.3 Å². The van der Waals surface area contributed by atoms with Crippen molar-refractivity contribution >= 4 is 12.2 Å². The van der Waals surface area contributed by atoms with Gasteiger partial charge in [-0.3, -0.25) is 4.90 Å². The summed E-state index contributed by atoms with van der Waals surface area (Å²) in [5.41, 5.74) is 0.986. The summed E-state index contributed by atoms with van der Waals surface area (Å²) in [6.07, 6.45) is 2.33. The summed E-state index contributed by atoms with van der Waals surface area (Å²) in [4.78, 5) is 32.4. The van der Waals surface area contributed by atoms with Crippen LogP contribution in [0.1, 0.15) is 31.2 Å². The summed E-state index contributed by atoms with van der Waals surface area (Å²) in [6, 6.07) is 10.5. The molecule has 2 bridgehead atoms. The van der Waals surface area contributed by atoms with Crippen LogP contribution in [0.2, 0.25) is 0 Å². The van der Waals surface area contributed by atoms with Crippen LogP contribution in [0.5, 0.6) is 0 Å². The van der Waals surface area contributed by atoms with Crippen molar-refractivity contribution in [1.82, 2.24) is 14.9 Å². The smallest absolute Gasteiger partial charge is 0.448 e. The van der Waals surface area contributed by atoms with Crippen LogP contribution in [-0.4, -0.2) is 76.5 Å². The van der Waals surface area contributed by atoms with Crippen molar-refractivity contribution in [3.05, 3.63) is 35.9 Å². The zero-order valence-electron chi connectivity index (χ0n) is 15.9. The molecule has 0 aliphatic carbocycles. The first-order valence-corrected chi connectivity index (χ1v) is 9.99. The van der Waals surface area contributed by atoms with Gasteiger partial charge < -0.3 is 19.6 Å². The molecule has 3 aliphatic rings.